The highest BCUT2D eigenvalue weighted by atomic mass is 32.2. The summed E-state index contributed by atoms with van der Waals surface area (Å²) in [7, 11) is -3.65. The molecular weight excluding hydrogens is 400 g/mol. The van der Waals surface area contributed by atoms with Gasteiger partial charge in [-0.2, -0.15) is 0 Å². The maximum Gasteiger partial charge on any atom is 0.243 e. The summed E-state index contributed by atoms with van der Waals surface area (Å²) < 4.78 is 31.6. The first-order chi connectivity index (χ1) is 14.3. The van der Waals surface area contributed by atoms with Crippen molar-refractivity contribution < 1.29 is 17.9 Å². The van der Waals surface area contributed by atoms with Crippen LogP contribution < -0.4 is 14.4 Å². The van der Waals surface area contributed by atoms with E-state index in [0.717, 1.165) is 19.1 Å². The molecule has 1 amide bonds. The van der Waals surface area contributed by atoms with Gasteiger partial charge in [0.1, 0.15) is 11.8 Å². The van der Waals surface area contributed by atoms with Gasteiger partial charge in [-0.3, -0.25) is 9.10 Å². The lowest BCUT2D eigenvalue weighted by Crippen LogP contribution is -2.49. The Morgan fingerprint density at radius 1 is 1.13 bits per heavy atom. The highest BCUT2D eigenvalue weighted by Crippen LogP contribution is 2.25. The fourth-order valence-electron chi connectivity index (χ4n) is 3.41. The molecule has 0 saturated carbocycles. The lowest BCUT2D eigenvalue weighted by atomic mass is 10.1. The summed E-state index contributed by atoms with van der Waals surface area (Å²) >= 11 is 0. The third-order valence-electron chi connectivity index (χ3n) is 4.76. The summed E-state index contributed by atoms with van der Waals surface area (Å²) in [4.78, 5) is 12.8. The molecule has 0 bridgehead atoms. The van der Waals surface area contributed by atoms with Crippen LogP contribution in [0.15, 0.2) is 48.5 Å². The van der Waals surface area contributed by atoms with Gasteiger partial charge >= 0.3 is 0 Å². The molecule has 164 valence electrons. The molecule has 0 aromatic heterocycles. The van der Waals surface area contributed by atoms with Crippen molar-refractivity contribution in [2.45, 2.75) is 46.1 Å². The number of rotatable bonds is 11. The lowest BCUT2D eigenvalue weighted by molar-refractivity contribution is -0.122. The number of amides is 1. The van der Waals surface area contributed by atoms with Crippen LogP contribution in [-0.2, 0) is 21.2 Å². The van der Waals surface area contributed by atoms with Crippen LogP contribution in [-0.4, -0.2) is 39.8 Å². The van der Waals surface area contributed by atoms with Crippen molar-refractivity contribution in [1.82, 2.24) is 5.32 Å². The normalized spacial score (nSPS) is 12.3. The molecule has 0 aliphatic rings. The number of hydrogen-bond donors (Lipinski definition) is 1. The van der Waals surface area contributed by atoms with E-state index in [1.54, 1.807) is 24.3 Å². The molecule has 2 rings (SSSR count). The predicted octanol–water partition coefficient (Wildman–Crippen LogP) is 3.69. The Morgan fingerprint density at radius 2 is 1.83 bits per heavy atom. The molecule has 0 radical (unpaired) electrons. The van der Waals surface area contributed by atoms with Crippen molar-refractivity contribution in [3.8, 4) is 5.75 Å². The minimum Gasteiger partial charge on any atom is -0.494 e. The first-order valence-electron chi connectivity index (χ1n) is 10.3. The largest absolute Gasteiger partial charge is 0.494 e. The second kappa shape index (κ2) is 11.0. The van der Waals surface area contributed by atoms with Gasteiger partial charge in [-0.05, 0) is 62.9 Å². The van der Waals surface area contributed by atoms with Gasteiger partial charge in [-0.15, -0.1) is 0 Å². The van der Waals surface area contributed by atoms with E-state index >= 15 is 0 Å². The maximum absolute atomic E-state index is 12.8. The van der Waals surface area contributed by atoms with E-state index in [-0.39, 0.29) is 5.91 Å². The van der Waals surface area contributed by atoms with Crippen LogP contribution in [0.5, 0.6) is 5.75 Å². The fourth-order valence-corrected chi connectivity index (χ4v) is 4.62. The van der Waals surface area contributed by atoms with Crippen LogP contribution in [0.25, 0.3) is 0 Å². The molecule has 0 aliphatic carbocycles. The molecule has 0 unspecified atom stereocenters. The summed E-state index contributed by atoms with van der Waals surface area (Å²) in [6.45, 7) is 6.76. The molecule has 30 heavy (non-hydrogen) atoms. The average Bonchev–Trinajstić information content (AvgIpc) is 2.69. The summed E-state index contributed by atoms with van der Waals surface area (Å²) in [6, 6.07) is 14.2. The van der Waals surface area contributed by atoms with Crippen molar-refractivity contribution in [3.63, 3.8) is 0 Å². The van der Waals surface area contributed by atoms with Gasteiger partial charge in [0.2, 0.25) is 15.9 Å². The van der Waals surface area contributed by atoms with Crippen molar-refractivity contribution in [2.24, 2.45) is 0 Å². The molecule has 0 heterocycles. The van der Waals surface area contributed by atoms with Gasteiger partial charge in [0.15, 0.2) is 0 Å². The Balaban J connectivity index is 2.05. The van der Waals surface area contributed by atoms with Crippen molar-refractivity contribution in [2.75, 3.05) is 23.7 Å². The number of benzene rings is 2. The molecule has 2 aromatic rings. The summed E-state index contributed by atoms with van der Waals surface area (Å²) in [5.74, 6) is 0.365. The van der Waals surface area contributed by atoms with Crippen LogP contribution in [0.2, 0.25) is 0 Å². The molecule has 6 nitrogen and oxygen atoms in total. The number of nitrogens with one attached hydrogen (secondary N) is 1. The standard InChI is InChI=1S/C23H32N2O4S/c1-5-22(23(26)24-16-8-11-19-10-7-9-18(3)17-19)25(30(4,27)28)20-12-14-21(15-13-20)29-6-2/h7,9-10,12-15,17,22H,5-6,8,11,16H2,1-4H3,(H,24,26)/t22-/m0/s1. The topological polar surface area (TPSA) is 75.7 Å². The lowest BCUT2D eigenvalue weighted by Gasteiger charge is -2.30. The predicted molar refractivity (Wildman–Crippen MR) is 122 cm³/mol. The van der Waals surface area contributed by atoms with Crippen LogP contribution in [0, 0.1) is 6.92 Å². The number of hydrogen-bond acceptors (Lipinski definition) is 4. The number of carbonyl (C=O) groups excluding carboxylic acids is 1. The van der Waals surface area contributed by atoms with Crippen LogP contribution in [0.1, 0.15) is 37.8 Å². The number of sulfonamides is 1. The number of nitrogens with zero attached hydrogens (tertiary/aromatic N) is 1. The molecule has 0 fully saturated rings. The van der Waals surface area contributed by atoms with Gasteiger partial charge in [-0.25, -0.2) is 8.42 Å². The van der Waals surface area contributed by atoms with Crippen LogP contribution in [0.3, 0.4) is 0 Å². The molecule has 1 N–H and O–H groups in total. The zero-order valence-corrected chi connectivity index (χ0v) is 19.0. The van der Waals surface area contributed by atoms with Gasteiger partial charge in [0.05, 0.1) is 18.6 Å². The number of aryl methyl sites for hydroxylation is 2. The van der Waals surface area contributed by atoms with Crippen molar-refractivity contribution >= 4 is 21.6 Å². The molecule has 2 aromatic carbocycles. The van der Waals surface area contributed by atoms with E-state index in [0.29, 0.717) is 31.0 Å². The van der Waals surface area contributed by atoms with E-state index < -0.39 is 16.1 Å². The Bertz CT molecular complexity index is 926. The summed E-state index contributed by atoms with van der Waals surface area (Å²) in [5.41, 5.74) is 2.88. The molecule has 0 saturated heterocycles. The molecular formula is C23H32N2O4S. The van der Waals surface area contributed by atoms with E-state index in [9.17, 15) is 13.2 Å². The SMILES string of the molecule is CCOc1ccc(N([C@@H](CC)C(=O)NCCCc2cccc(C)c2)S(C)(=O)=O)cc1. The quantitative estimate of drug-likeness (QED) is 0.550. The van der Waals surface area contributed by atoms with E-state index in [1.807, 2.05) is 19.9 Å². The Kier molecular flexibility index (Phi) is 8.72. The van der Waals surface area contributed by atoms with Crippen molar-refractivity contribution in [3.05, 3.63) is 59.7 Å². The number of anilines is 1. The first kappa shape index (κ1) is 23.7. The highest BCUT2D eigenvalue weighted by Gasteiger charge is 2.31. The Labute approximate surface area is 180 Å². The monoisotopic (exact) mass is 432 g/mol. The third kappa shape index (κ3) is 6.76. The Morgan fingerprint density at radius 3 is 2.40 bits per heavy atom. The molecule has 1 atom stereocenters. The van der Waals surface area contributed by atoms with Crippen LogP contribution >= 0.6 is 0 Å². The van der Waals surface area contributed by atoms with Gasteiger partial charge < -0.3 is 10.1 Å². The van der Waals surface area contributed by atoms with Gasteiger partial charge in [-0.1, -0.05) is 36.8 Å². The van der Waals surface area contributed by atoms with E-state index in [2.05, 4.69) is 30.4 Å². The second-order valence-corrected chi connectivity index (χ2v) is 9.15. The van der Waals surface area contributed by atoms with Gasteiger partial charge in [0, 0.05) is 6.54 Å². The zero-order valence-electron chi connectivity index (χ0n) is 18.2. The summed E-state index contributed by atoms with van der Waals surface area (Å²) in [6.07, 6.45) is 3.13. The first-order valence-corrected chi connectivity index (χ1v) is 12.2. The van der Waals surface area contributed by atoms with Crippen LogP contribution in [0.4, 0.5) is 5.69 Å². The minimum atomic E-state index is -3.65. The number of ether oxygens (including phenoxy) is 1. The minimum absolute atomic E-state index is 0.291. The summed E-state index contributed by atoms with van der Waals surface area (Å²) in [5, 5.41) is 2.90. The Hall–Kier alpha value is -2.54. The molecule has 0 spiro atoms. The van der Waals surface area contributed by atoms with E-state index in [4.69, 9.17) is 4.74 Å². The van der Waals surface area contributed by atoms with E-state index in [1.165, 1.54) is 15.4 Å². The second-order valence-electron chi connectivity index (χ2n) is 7.29. The maximum atomic E-state index is 12.8. The highest BCUT2D eigenvalue weighted by molar-refractivity contribution is 7.92. The van der Waals surface area contributed by atoms with Gasteiger partial charge in [0.25, 0.3) is 0 Å². The average molecular weight is 433 g/mol. The smallest absolute Gasteiger partial charge is 0.243 e. The third-order valence-corrected chi connectivity index (χ3v) is 5.94. The fraction of sp³-hybridized carbons (Fsp3) is 0.435. The van der Waals surface area contributed by atoms with Crippen molar-refractivity contribution in [1.29, 1.82) is 0 Å². The number of carbonyl (C=O) groups is 1. The molecule has 7 heteroatoms. The molecule has 0 aliphatic heterocycles. The zero-order chi connectivity index (χ0) is 22.1.